The topological polar surface area (TPSA) is 46.5 Å². The lowest BCUT2D eigenvalue weighted by atomic mass is 9.98. The molecule has 0 saturated heterocycles. The molecule has 21 heavy (non-hydrogen) atoms. The van der Waals surface area contributed by atoms with E-state index in [9.17, 15) is 4.79 Å². The van der Waals surface area contributed by atoms with E-state index in [1.807, 2.05) is 36.4 Å². The maximum Gasteiger partial charge on any atom is 0.310 e. The van der Waals surface area contributed by atoms with E-state index in [1.54, 1.807) is 6.92 Å². The molecule has 0 saturated carbocycles. The number of carboxylic acids is 1. The number of hydrogen-bond acceptors (Lipinski definition) is 2. The van der Waals surface area contributed by atoms with Gasteiger partial charge in [-0.2, -0.15) is 0 Å². The quantitative estimate of drug-likeness (QED) is 0.757. The lowest BCUT2D eigenvalue weighted by Crippen LogP contribution is -2.07. The Kier molecular flexibility index (Phi) is 5.20. The van der Waals surface area contributed by atoms with Crippen LogP contribution in [0.1, 0.15) is 44.6 Å². The molecular formula is C18H22O3. The minimum atomic E-state index is -0.801. The number of rotatable bonds is 7. The molecule has 112 valence electrons. The highest BCUT2D eigenvalue weighted by molar-refractivity contribution is 5.86. The van der Waals surface area contributed by atoms with Gasteiger partial charge in [0.05, 0.1) is 12.5 Å². The van der Waals surface area contributed by atoms with E-state index in [0.717, 1.165) is 35.1 Å². The van der Waals surface area contributed by atoms with Gasteiger partial charge in [-0.3, -0.25) is 4.79 Å². The third-order valence-electron chi connectivity index (χ3n) is 3.72. The van der Waals surface area contributed by atoms with Gasteiger partial charge in [-0.25, -0.2) is 0 Å². The number of unbranched alkanes of at least 4 members (excludes halogenated alkanes) is 2. The first-order valence-corrected chi connectivity index (χ1v) is 7.51. The zero-order chi connectivity index (χ0) is 15.2. The summed E-state index contributed by atoms with van der Waals surface area (Å²) in [4.78, 5) is 11.0. The zero-order valence-corrected chi connectivity index (χ0v) is 12.6. The van der Waals surface area contributed by atoms with Crippen molar-refractivity contribution in [3.63, 3.8) is 0 Å². The van der Waals surface area contributed by atoms with E-state index in [2.05, 4.69) is 6.92 Å². The number of carbonyl (C=O) groups is 1. The van der Waals surface area contributed by atoms with Crippen molar-refractivity contribution in [2.45, 2.75) is 39.0 Å². The van der Waals surface area contributed by atoms with Gasteiger partial charge in [0.2, 0.25) is 0 Å². The van der Waals surface area contributed by atoms with Crippen LogP contribution in [0.25, 0.3) is 10.8 Å². The summed E-state index contributed by atoms with van der Waals surface area (Å²) in [7, 11) is 0. The molecule has 2 aromatic rings. The van der Waals surface area contributed by atoms with Gasteiger partial charge >= 0.3 is 5.97 Å². The summed E-state index contributed by atoms with van der Waals surface area (Å²) < 4.78 is 5.74. The van der Waals surface area contributed by atoms with Crippen LogP contribution < -0.4 is 4.74 Å². The van der Waals surface area contributed by atoms with Crippen LogP contribution in [0.5, 0.6) is 5.75 Å². The first-order valence-electron chi connectivity index (χ1n) is 7.51. The van der Waals surface area contributed by atoms with Crippen LogP contribution >= 0.6 is 0 Å². The minimum absolute atomic E-state index is 0.487. The second-order valence-corrected chi connectivity index (χ2v) is 5.38. The van der Waals surface area contributed by atoms with Gasteiger partial charge < -0.3 is 9.84 Å². The Morgan fingerprint density at radius 1 is 1.14 bits per heavy atom. The van der Waals surface area contributed by atoms with Crippen LogP contribution in [0, 0.1) is 0 Å². The van der Waals surface area contributed by atoms with E-state index in [-0.39, 0.29) is 0 Å². The van der Waals surface area contributed by atoms with Crippen molar-refractivity contribution in [1.29, 1.82) is 0 Å². The monoisotopic (exact) mass is 286 g/mol. The first-order chi connectivity index (χ1) is 10.1. The fourth-order valence-electron chi connectivity index (χ4n) is 2.29. The molecule has 2 rings (SSSR count). The van der Waals surface area contributed by atoms with Gasteiger partial charge in [0.15, 0.2) is 0 Å². The molecule has 0 aromatic heterocycles. The Morgan fingerprint density at radius 2 is 1.86 bits per heavy atom. The standard InChI is InChI=1S/C18H22O3/c1-3-4-5-10-21-17-9-8-15-11-14(13(2)18(19)20)6-7-16(15)12-17/h6-9,11-13H,3-5,10H2,1-2H3,(H,19,20). The molecule has 0 radical (unpaired) electrons. The van der Waals surface area contributed by atoms with Crippen molar-refractivity contribution >= 4 is 16.7 Å². The second-order valence-electron chi connectivity index (χ2n) is 5.38. The van der Waals surface area contributed by atoms with E-state index in [1.165, 1.54) is 12.8 Å². The Hall–Kier alpha value is -2.03. The van der Waals surface area contributed by atoms with Crippen LogP contribution in [-0.4, -0.2) is 17.7 Å². The summed E-state index contributed by atoms with van der Waals surface area (Å²) in [6.07, 6.45) is 3.44. The van der Waals surface area contributed by atoms with Crippen molar-refractivity contribution in [3.05, 3.63) is 42.0 Å². The van der Waals surface area contributed by atoms with Crippen LogP contribution in [0.2, 0.25) is 0 Å². The molecule has 0 heterocycles. The molecule has 2 aromatic carbocycles. The number of carboxylic acid groups (broad SMARTS) is 1. The van der Waals surface area contributed by atoms with E-state index < -0.39 is 11.9 Å². The van der Waals surface area contributed by atoms with Gasteiger partial charge in [-0.05, 0) is 41.8 Å². The molecule has 1 atom stereocenters. The number of hydrogen-bond donors (Lipinski definition) is 1. The van der Waals surface area contributed by atoms with Crippen LogP contribution in [0.15, 0.2) is 36.4 Å². The molecule has 0 amide bonds. The number of fused-ring (bicyclic) bond motifs is 1. The summed E-state index contributed by atoms with van der Waals surface area (Å²) in [6, 6.07) is 11.7. The van der Waals surface area contributed by atoms with Crippen LogP contribution in [0.4, 0.5) is 0 Å². The van der Waals surface area contributed by atoms with Crippen molar-refractivity contribution < 1.29 is 14.6 Å². The van der Waals surface area contributed by atoms with Crippen molar-refractivity contribution in [1.82, 2.24) is 0 Å². The third kappa shape index (κ3) is 3.97. The molecule has 0 bridgehead atoms. The van der Waals surface area contributed by atoms with Crippen molar-refractivity contribution in [2.75, 3.05) is 6.61 Å². The first kappa shape index (κ1) is 15.4. The molecule has 1 N–H and O–H groups in total. The molecule has 1 unspecified atom stereocenters. The molecule has 0 aliphatic rings. The molecule has 0 fully saturated rings. The van der Waals surface area contributed by atoms with E-state index >= 15 is 0 Å². The largest absolute Gasteiger partial charge is 0.494 e. The van der Waals surface area contributed by atoms with Gasteiger partial charge in [-0.15, -0.1) is 0 Å². The average molecular weight is 286 g/mol. The number of ether oxygens (including phenoxy) is 1. The highest BCUT2D eigenvalue weighted by Gasteiger charge is 2.13. The Balaban J connectivity index is 2.14. The summed E-state index contributed by atoms with van der Waals surface area (Å²) in [6.45, 7) is 4.62. The predicted molar refractivity (Wildman–Crippen MR) is 85.0 cm³/mol. The minimum Gasteiger partial charge on any atom is -0.494 e. The van der Waals surface area contributed by atoms with Gasteiger partial charge in [0, 0.05) is 0 Å². The lowest BCUT2D eigenvalue weighted by molar-refractivity contribution is -0.138. The number of benzene rings is 2. The average Bonchev–Trinajstić information content (AvgIpc) is 2.50. The molecule has 3 nitrogen and oxygen atoms in total. The van der Waals surface area contributed by atoms with Crippen molar-refractivity contribution in [2.24, 2.45) is 0 Å². The predicted octanol–water partition coefficient (Wildman–Crippen LogP) is 4.60. The lowest BCUT2D eigenvalue weighted by Gasteiger charge is -2.10. The molecule has 0 aliphatic heterocycles. The number of aliphatic carboxylic acids is 1. The Bertz CT molecular complexity index is 619. The van der Waals surface area contributed by atoms with Crippen molar-refractivity contribution in [3.8, 4) is 5.75 Å². The second kappa shape index (κ2) is 7.11. The van der Waals surface area contributed by atoms with Gasteiger partial charge in [0.1, 0.15) is 5.75 Å². The van der Waals surface area contributed by atoms with E-state index in [0.29, 0.717) is 0 Å². The third-order valence-corrected chi connectivity index (χ3v) is 3.72. The van der Waals surface area contributed by atoms with Crippen LogP contribution in [0.3, 0.4) is 0 Å². The highest BCUT2D eigenvalue weighted by atomic mass is 16.5. The molecule has 3 heteroatoms. The highest BCUT2D eigenvalue weighted by Crippen LogP contribution is 2.25. The smallest absolute Gasteiger partial charge is 0.310 e. The summed E-state index contributed by atoms with van der Waals surface area (Å²) >= 11 is 0. The summed E-state index contributed by atoms with van der Waals surface area (Å²) in [5, 5.41) is 11.2. The summed E-state index contributed by atoms with van der Waals surface area (Å²) in [5.41, 5.74) is 0.826. The Labute approximate surface area is 125 Å². The normalized spacial score (nSPS) is 12.3. The molecular weight excluding hydrogens is 264 g/mol. The maximum absolute atomic E-state index is 11.0. The van der Waals surface area contributed by atoms with Gasteiger partial charge in [0.25, 0.3) is 0 Å². The zero-order valence-electron chi connectivity index (χ0n) is 12.6. The maximum atomic E-state index is 11.0. The van der Waals surface area contributed by atoms with E-state index in [4.69, 9.17) is 9.84 Å². The fraction of sp³-hybridized carbons (Fsp3) is 0.389. The Morgan fingerprint density at radius 3 is 2.57 bits per heavy atom. The fourth-order valence-corrected chi connectivity index (χ4v) is 2.29. The van der Waals surface area contributed by atoms with Crippen LogP contribution in [-0.2, 0) is 4.79 Å². The SMILES string of the molecule is CCCCCOc1ccc2cc(C(C)C(=O)O)ccc2c1. The molecule has 0 aliphatic carbocycles. The molecule has 0 spiro atoms. The summed E-state index contributed by atoms with van der Waals surface area (Å²) in [5.74, 6) is -0.415. The van der Waals surface area contributed by atoms with Gasteiger partial charge in [-0.1, -0.05) is 44.0 Å².